The Morgan fingerprint density at radius 1 is 1.22 bits per heavy atom. The van der Waals surface area contributed by atoms with Gasteiger partial charge < -0.3 is 4.57 Å². The molecular formula is C15H17NOS. The van der Waals surface area contributed by atoms with Gasteiger partial charge in [0, 0.05) is 30.9 Å². The molecule has 2 aromatic heterocycles. The molecule has 0 aromatic carbocycles. The molecule has 94 valence electrons. The molecule has 2 nitrogen and oxygen atoms in total. The fourth-order valence-corrected chi connectivity index (χ4v) is 3.27. The Hall–Kier alpha value is -1.35. The van der Waals surface area contributed by atoms with Gasteiger partial charge in [0.05, 0.1) is 0 Å². The van der Waals surface area contributed by atoms with E-state index in [2.05, 4.69) is 33.8 Å². The summed E-state index contributed by atoms with van der Waals surface area (Å²) in [6.07, 6.45) is 9.25. The third kappa shape index (κ3) is 2.41. The molecule has 2 heterocycles. The quantitative estimate of drug-likeness (QED) is 0.770. The highest BCUT2D eigenvalue weighted by Gasteiger charge is 2.17. The Balaban J connectivity index is 1.74. The minimum absolute atomic E-state index is 0.330. The van der Waals surface area contributed by atoms with Crippen LogP contribution in [0.5, 0.6) is 0 Å². The van der Waals surface area contributed by atoms with Gasteiger partial charge in [0.1, 0.15) is 0 Å². The van der Waals surface area contributed by atoms with E-state index in [1.807, 2.05) is 0 Å². The summed E-state index contributed by atoms with van der Waals surface area (Å²) in [6, 6.07) is 2.17. The van der Waals surface area contributed by atoms with E-state index in [0.29, 0.717) is 5.78 Å². The van der Waals surface area contributed by atoms with Crippen molar-refractivity contribution in [3.63, 3.8) is 0 Å². The second-order valence-electron chi connectivity index (χ2n) is 4.95. The molecule has 18 heavy (non-hydrogen) atoms. The number of ketones is 1. The lowest BCUT2D eigenvalue weighted by atomic mass is 10.1. The van der Waals surface area contributed by atoms with Crippen LogP contribution in [0.4, 0.5) is 0 Å². The van der Waals surface area contributed by atoms with E-state index in [9.17, 15) is 4.79 Å². The van der Waals surface area contributed by atoms with Crippen molar-refractivity contribution in [2.45, 2.75) is 38.6 Å². The normalized spacial score (nSPS) is 15.4. The molecule has 2 aromatic rings. The van der Waals surface area contributed by atoms with Crippen molar-refractivity contribution in [2.75, 3.05) is 0 Å². The predicted molar refractivity (Wildman–Crippen MR) is 74.3 cm³/mol. The van der Waals surface area contributed by atoms with Crippen LogP contribution < -0.4 is 0 Å². The van der Waals surface area contributed by atoms with E-state index in [-0.39, 0.29) is 0 Å². The summed E-state index contributed by atoms with van der Waals surface area (Å²) in [5.41, 5.74) is 3.61. The van der Waals surface area contributed by atoms with Gasteiger partial charge in [-0.3, -0.25) is 4.79 Å². The number of hydrogen-bond donors (Lipinski definition) is 0. The first-order valence-corrected chi connectivity index (χ1v) is 7.50. The number of rotatable bonds is 3. The summed E-state index contributed by atoms with van der Waals surface area (Å²) in [7, 11) is 0. The second kappa shape index (κ2) is 5.11. The van der Waals surface area contributed by atoms with E-state index in [4.69, 9.17) is 0 Å². The number of Topliss-reactive ketones (excluding diaryl/α,β-unsaturated/α-hetero) is 1. The number of carbonyl (C=O) groups is 1. The van der Waals surface area contributed by atoms with Gasteiger partial charge in [-0.2, -0.15) is 11.3 Å². The smallest absolute Gasteiger partial charge is 0.164 e. The zero-order valence-electron chi connectivity index (χ0n) is 10.4. The van der Waals surface area contributed by atoms with Crippen LogP contribution in [0.15, 0.2) is 29.2 Å². The molecule has 1 aliphatic carbocycles. The highest BCUT2D eigenvalue weighted by atomic mass is 32.1. The van der Waals surface area contributed by atoms with Crippen molar-refractivity contribution in [2.24, 2.45) is 0 Å². The molecule has 0 N–H and O–H groups in total. The number of aromatic nitrogens is 1. The Kier molecular flexibility index (Phi) is 3.33. The molecule has 1 aliphatic rings. The van der Waals surface area contributed by atoms with Gasteiger partial charge in [0.15, 0.2) is 5.78 Å². The van der Waals surface area contributed by atoms with Gasteiger partial charge in [-0.25, -0.2) is 0 Å². The zero-order chi connectivity index (χ0) is 12.4. The first-order valence-electron chi connectivity index (χ1n) is 6.56. The molecule has 3 rings (SSSR count). The Bertz CT molecular complexity index is 539. The molecule has 0 unspecified atom stereocenters. The van der Waals surface area contributed by atoms with Crippen molar-refractivity contribution in [3.8, 4) is 0 Å². The van der Waals surface area contributed by atoms with Gasteiger partial charge in [-0.1, -0.05) is 0 Å². The van der Waals surface area contributed by atoms with Gasteiger partial charge in [0.25, 0.3) is 0 Å². The molecule has 0 saturated carbocycles. The predicted octanol–water partition coefficient (Wildman–Crippen LogP) is 3.70. The first-order chi connectivity index (χ1) is 8.83. The monoisotopic (exact) mass is 259 g/mol. The van der Waals surface area contributed by atoms with Crippen molar-refractivity contribution in [1.82, 2.24) is 4.57 Å². The van der Waals surface area contributed by atoms with Crippen LogP contribution in [0.25, 0.3) is 0 Å². The van der Waals surface area contributed by atoms with Crippen molar-refractivity contribution < 1.29 is 4.79 Å². The zero-order valence-corrected chi connectivity index (χ0v) is 11.2. The molecule has 0 spiro atoms. The largest absolute Gasteiger partial charge is 0.353 e. The van der Waals surface area contributed by atoms with Crippen molar-refractivity contribution in [1.29, 1.82) is 0 Å². The summed E-state index contributed by atoms with van der Waals surface area (Å²) >= 11 is 1.74. The highest BCUT2D eigenvalue weighted by molar-refractivity contribution is 7.07. The minimum Gasteiger partial charge on any atom is -0.353 e. The Morgan fingerprint density at radius 3 is 2.94 bits per heavy atom. The summed E-state index contributed by atoms with van der Waals surface area (Å²) in [6.45, 7) is 0.969. The fraction of sp³-hybridized carbons (Fsp3) is 0.400. The Labute approximate surface area is 111 Å². The van der Waals surface area contributed by atoms with E-state index in [0.717, 1.165) is 44.2 Å². The molecule has 0 aliphatic heterocycles. The molecule has 0 atom stereocenters. The van der Waals surface area contributed by atoms with Crippen LogP contribution in [-0.2, 0) is 19.4 Å². The van der Waals surface area contributed by atoms with E-state index in [1.165, 1.54) is 11.1 Å². The van der Waals surface area contributed by atoms with Crippen LogP contribution >= 0.6 is 11.3 Å². The minimum atomic E-state index is 0.330. The number of nitrogens with zero attached hydrogens (tertiary/aromatic N) is 1. The first kappa shape index (κ1) is 11.7. The second-order valence-corrected chi connectivity index (χ2v) is 5.73. The fourth-order valence-electron chi connectivity index (χ4n) is 2.56. The van der Waals surface area contributed by atoms with Crippen LogP contribution in [0, 0.1) is 0 Å². The lowest BCUT2D eigenvalue weighted by Crippen LogP contribution is -1.99. The number of hydrogen-bond acceptors (Lipinski definition) is 2. The van der Waals surface area contributed by atoms with E-state index < -0.39 is 0 Å². The van der Waals surface area contributed by atoms with Gasteiger partial charge >= 0.3 is 0 Å². The molecular weight excluding hydrogens is 242 g/mol. The molecule has 3 heteroatoms. The maximum atomic E-state index is 11.9. The molecule has 0 saturated heterocycles. The highest BCUT2D eigenvalue weighted by Crippen LogP contribution is 2.21. The van der Waals surface area contributed by atoms with Crippen LogP contribution in [-0.4, -0.2) is 10.4 Å². The van der Waals surface area contributed by atoms with Gasteiger partial charge in [-0.15, -0.1) is 0 Å². The SMILES string of the molecule is O=C1CCCCc2cn(CCc3ccsc3)cc21. The molecule has 0 fully saturated rings. The number of carbonyl (C=O) groups excluding carboxylic acids is 1. The Morgan fingerprint density at radius 2 is 2.11 bits per heavy atom. The van der Waals surface area contributed by atoms with E-state index >= 15 is 0 Å². The summed E-state index contributed by atoms with van der Waals surface area (Å²) < 4.78 is 2.19. The van der Waals surface area contributed by atoms with Crippen LogP contribution in [0.2, 0.25) is 0 Å². The van der Waals surface area contributed by atoms with Crippen LogP contribution in [0.1, 0.15) is 40.7 Å². The standard InChI is InChI=1S/C15H17NOS/c17-15-4-2-1-3-13-9-16(10-14(13)15)7-5-12-6-8-18-11-12/h6,8-11H,1-5,7H2. The number of thiophene rings is 1. The number of aryl methyl sites for hydroxylation is 3. The molecule has 0 amide bonds. The molecule has 0 bridgehead atoms. The van der Waals surface area contributed by atoms with Gasteiger partial charge in [-0.05, 0) is 53.6 Å². The van der Waals surface area contributed by atoms with Gasteiger partial charge in [0.2, 0.25) is 0 Å². The molecule has 0 radical (unpaired) electrons. The third-order valence-electron chi connectivity index (χ3n) is 3.60. The maximum Gasteiger partial charge on any atom is 0.164 e. The topological polar surface area (TPSA) is 22.0 Å². The van der Waals surface area contributed by atoms with Crippen LogP contribution in [0.3, 0.4) is 0 Å². The van der Waals surface area contributed by atoms with Crippen molar-refractivity contribution >= 4 is 17.1 Å². The van der Waals surface area contributed by atoms with Crippen molar-refractivity contribution in [3.05, 3.63) is 45.9 Å². The third-order valence-corrected chi connectivity index (χ3v) is 4.33. The lowest BCUT2D eigenvalue weighted by molar-refractivity contribution is 0.0982. The summed E-state index contributed by atoms with van der Waals surface area (Å²) in [5, 5.41) is 4.31. The lowest BCUT2D eigenvalue weighted by Gasteiger charge is -2.01. The summed E-state index contributed by atoms with van der Waals surface area (Å²) in [5.74, 6) is 0.330. The number of fused-ring (bicyclic) bond motifs is 1. The maximum absolute atomic E-state index is 11.9. The average molecular weight is 259 g/mol. The average Bonchev–Trinajstić information content (AvgIpc) is 2.98. The van der Waals surface area contributed by atoms with E-state index in [1.54, 1.807) is 11.3 Å². The summed E-state index contributed by atoms with van der Waals surface area (Å²) in [4.78, 5) is 11.9.